The van der Waals surface area contributed by atoms with Gasteiger partial charge in [-0.25, -0.2) is 17.6 Å². The molecule has 0 heterocycles. The second kappa shape index (κ2) is 3.13. The normalized spacial score (nSPS) is 10.4. The van der Waals surface area contributed by atoms with E-state index in [4.69, 9.17) is 0 Å². The molecule has 0 aliphatic rings. The van der Waals surface area contributed by atoms with E-state index in [9.17, 15) is 17.6 Å². The Labute approximate surface area is 66.8 Å². The van der Waals surface area contributed by atoms with Crippen molar-refractivity contribution in [1.29, 1.82) is 0 Å². The molecule has 1 rings (SSSR count). The maximum atomic E-state index is 12.6. The Hall–Kier alpha value is -1.06. The Kier molecular flexibility index (Phi) is 2.35. The van der Waals surface area contributed by atoms with E-state index in [1.807, 2.05) is 0 Å². The van der Waals surface area contributed by atoms with Crippen molar-refractivity contribution in [2.75, 3.05) is 0 Å². The Bertz CT molecular complexity index is 280. The van der Waals surface area contributed by atoms with Gasteiger partial charge in [-0.2, -0.15) is 0 Å². The van der Waals surface area contributed by atoms with E-state index >= 15 is 0 Å². The van der Waals surface area contributed by atoms with Gasteiger partial charge in [0.2, 0.25) is 0 Å². The van der Waals surface area contributed by atoms with Crippen LogP contribution in [0, 0.1) is 29.3 Å². The van der Waals surface area contributed by atoms with Crippen molar-refractivity contribution in [3.8, 4) is 0 Å². The highest BCUT2D eigenvalue weighted by Gasteiger charge is 2.17. The van der Waals surface area contributed by atoms with Gasteiger partial charge in [0.05, 0.1) is 6.07 Å². The van der Waals surface area contributed by atoms with Crippen LogP contribution in [0.15, 0.2) is 0 Å². The van der Waals surface area contributed by atoms with Crippen LogP contribution in [0.5, 0.6) is 0 Å². The third-order valence-electron chi connectivity index (χ3n) is 1.49. The van der Waals surface area contributed by atoms with Crippen LogP contribution in [0.2, 0.25) is 0 Å². The van der Waals surface area contributed by atoms with Gasteiger partial charge in [-0.15, -0.1) is 0 Å². The van der Waals surface area contributed by atoms with Crippen molar-refractivity contribution in [2.24, 2.45) is 0 Å². The lowest BCUT2D eigenvalue weighted by Gasteiger charge is -2.02. The quantitative estimate of drug-likeness (QED) is 0.457. The van der Waals surface area contributed by atoms with Crippen LogP contribution in [0.4, 0.5) is 17.6 Å². The molecule has 0 aliphatic heterocycles. The minimum absolute atomic E-state index is 0.0970. The molecule has 0 atom stereocenters. The number of halogens is 4. The summed E-state index contributed by atoms with van der Waals surface area (Å²) in [7, 11) is 0. The Balaban J connectivity index is 3.42. The third kappa shape index (κ3) is 1.29. The van der Waals surface area contributed by atoms with Gasteiger partial charge in [0, 0.05) is 5.56 Å². The van der Waals surface area contributed by atoms with Crippen molar-refractivity contribution in [1.82, 2.24) is 0 Å². The molecule has 0 nitrogen and oxygen atoms in total. The molecule has 1 radical (unpaired) electrons. The first-order valence-corrected chi connectivity index (χ1v) is 3.32. The molecule has 65 valence electrons. The van der Waals surface area contributed by atoms with Crippen molar-refractivity contribution in [3.63, 3.8) is 0 Å². The SMILES string of the molecule is CCc1c(F)c(F)[c]c(F)c1F. The van der Waals surface area contributed by atoms with Crippen molar-refractivity contribution in [2.45, 2.75) is 13.3 Å². The molecular formula is C8H5F4. The van der Waals surface area contributed by atoms with Crippen molar-refractivity contribution >= 4 is 0 Å². The van der Waals surface area contributed by atoms with Gasteiger partial charge in [-0.3, -0.25) is 0 Å². The van der Waals surface area contributed by atoms with Crippen molar-refractivity contribution < 1.29 is 17.6 Å². The van der Waals surface area contributed by atoms with E-state index in [2.05, 4.69) is 0 Å². The molecule has 0 spiro atoms. The minimum Gasteiger partial charge on any atom is -0.203 e. The van der Waals surface area contributed by atoms with E-state index in [-0.39, 0.29) is 6.42 Å². The summed E-state index contributed by atoms with van der Waals surface area (Å²) in [4.78, 5) is 0. The van der Waals surface area contributed by atoms with E-state index in [1.54, 1.807) is 0 Å². The largest absolute Gasteiger partial charge is 0.203 e. The van der Waals surface area contributed by atoms with E-state index < -0.39 is 28.8 Å². The summed E-state index contributed by atoms with van der Waals surface area (Å²) in [5.41, 5.74) is -0.580. The highest BCUT2D eigenvalue weighted by atomic mass is 19.2. The summed E-state index contributed by atoms with van der Waals surface area (Å²) >= 11 is 0. The summed E-state index contributed by atoms with van der Waals surface area (Å²) < 4.78 is 50.0. The fourth-order valence-corrected chi connectivity index (χ4v) is 0.878. The second-order valence-electron chi connectivity index (χ2n) is 2.21. The average molecular weight is 177 g/mol. The first-order chi connectivity index (χ1) is 5.57. The van der Waals surface area contributed by atoms with E-state index in [0.29, 0.717) is 0 Å². The average Bonchev–Trinajstić information content (AvgIpc) is 2.02. The molecule has 0 saturated carbocycles. The summed E-state index contributed by atoms with van der Waals surface area (Å²) in [6.45, 7) is 1.40. The monoisotopic (exact) mass is 177 g/mol. The molecule has 12 heavy (non-hydrogen) atoms. The molecule has 0 unspecified atom stereocenters. The third-order valence-corrected chi connectivity index (χ3v) is 1.49. The number of hydrogen-bond donors (Lipinski definition) is 0. The lowest BCUT2D eigenvalue weighted by atomic mass is 10.1. The molecule has 0 N–H and O–H groups in total. The van der Waals surface area contributed by atoms with Gasteiger partial charge < -0.3 is 0 Å². The molecule has 0 aliphatic carbocycles. The standard InChI is InChI=1S/C8H5F4/c1-2-4-7(11)5(9)3-6(10)8(4)12/h2H2,1H3. The zero-order chi connectivity index (χ0) is 9.30. The fourth-order valence-electron chi connectivity index (χ4n) is 0.878. The van der Waals surface area contributed by atoms with Gasteiger partial charge in [0.15, 0.2) is 23.3 Å². The zero-order valence-electron chi connectivity index (χ0n) is 6.22. The van der Waals surface area contributed by atoms with Crippen LogP contribution in [0.3, 0.4) is 0 Å². The minimum atomic E-state index is -1.48. The first-order valence-electron chi connectivity index (χ1n) is 3.32. The van der Waals surface area contributed by atoms with Crippen LogP contribution in [0.1, 0.15) is 12.5 Å². The highest BCUT2D eigenvalue weighted by Crippen LogP contribution is 2.18. The fraction of sp³-hybridized carbons (Fsp3) is 0.250. The number of hydrogen-bond acceptors (Lipinski definition) is 0. The summed E-state index contributed by atoms with van der Waals surface area (Å²) in [5, 5.41) is 0. The molecule has 1 aromatic carbocycles. The lowest BCUT2D eigenvalue weighted by molar-refractivity contribution is 0.438. The highest BCUT2D eigenvalue weighted by molar-refractivity contribution is 5.21. The van der Waals surface area contributed by atoms with E-state index in [1.165, 1.54) is 13.0 Å². The van der Waals surface area contributed by atoms with Crippen LogP contribution >= 0.6 is 0 Å². The number of rotatable bonds is 1. The Morgan fingerprint density at radius 2 is 1.42 bits per heavy atom. The second-order valence-corrected chi connectivity index (χ2v) is 2.21. The van der Waals surface area contributed by atoms with Crippen LogP contribution in [0.25, 0.3) is 0 Å². The molecule has 4 heteroatoms. The molecule has 0 bridgehead atoms. The summed E-state index contributed by atoms with van der Waals surface area (Å²) in [6.07, 6.45) is -0.0970. The van der Waals surface area contributed by atoms with Gasteiger partial charge in [-0.05, 0) is 6.42 Å². The Morgan fingerprint density at radius 1 is 1.00 bits per heavy atom. The van der Waals surface area contributed by atoms with Gasteiger partial charge >= 0.3 is 0 Å². The van der Waals surface area contributed by atoms with Crippen LogP contribution < -0.4 is 0 Å². The lowest BCUT2D eigenvalue weighted by Crippen LogP contribution is -2.01. The maximum Gasteiger partial charge on any atom is 0.170 e. The molecule has 0 saturated heterocycles. The zero-order valence-corrected chi connectivity index (χ0v) is 6.22. The molecule has 0 aromatic heterocycles. The van der Waals surface area contributed by atoms with Gasteiger partial charge in [0.1, 0.15) is 0 Å². The summed E-state index contributed by atoms with van der Waals surface area (Å²) in [5.74, 6) is -5.69. The molecule has 0 fully saturated rings. The molecular weight excluding hydrogens is 172 g/mol. The van der Waals surface area contributed by atoms with Gasteiger partial charge in [0.25, 0.3) is 0 Å². The maximum absolute atomic E-state index is 12.6. The smallest absolute Gasteiger partial charge is 0.170 e. The van der Waals surface area contributed by atoms with Gasteiger partial charge in [-0.1, -0.05) is 6.92 Å². The van der Waals surface area contributed by atoms with E-state index in [0.717, 1.165) is 0 Å². The molecule has 0 amide bonds. The Morgan fingerprint density at radius 3 is 1.75 bits per heavy atom. The number of benzene rings is 1. The van der Waals surface area contributed by atoms with Crippen LogP contribution in [-0.2, 0) is 6.42 Å². The van der Waals surface area contributed by atoms with Crippen LogP contribution in [-0.4, -0.2) is 0 Å². The first kappa shape index (κ1) is 9.03. The molecule has 1 aromatic rings. The predicted octanol–water partition coefficient (Wildman–Crippen LogP) is 2.61. The topological polar surface area (TPSA) is 0 Å². The predicted molar refractivity (Wildman–Crippen MR) is 34.5 cm³/mol. The van der Waals surface area contributed by atoms with Crippen molar-refractivity contribution in [3.05, 3.63) is 34.9 Å². The summed E-state index contributed by atoms with van der Waals surface area (Å²) in [6, 6.07) is 1.30.